The van der Waals surface area contributed by atoms with E-state index in [0.717, 1.165) is 32.1 Å². The smallest absolute Gasteiger partial charge is 0.404 e. The van der Waals surface area contributed by atoms with Crippen molar-refractivity contribution >= 4 is 6.09 Å². The second-order valence-electron chi connectivity index (χ2n) is 6.08. The Balaban J connectivity index is 3.18. The maximum absolute atomic E-state index is 10.4. The molecule has 0 unspecified atom stereocenters. The number of primary amides is 1. The third-order valence-electron chi connectivity index (χ3n) is 3.79. The second-order valence-corrected chi connectivity index (χ2v) is 6.08. The summed E-state index contributed by atoms with van der Waals surface area (Å²) in [6.45, 7) is 2.62. The lowest BCUT2D eigenvalue weighted by molar-refractivity contribution is 0.154. The summed E-state index contributed by atoms with van der Waals surface area (Å²) in [6, 6.07) is 0. The number of hydrogen-bond donors (Lipinski definition) is 1. The number of allylic oxidation sites excluding steroid dienone is 6. The number of unbranched alkanes of at least 4 members (excludes halogenated alkanes) is 8. The third-order valence-corrected chi connectivity index (χ3v) is 3.79. The molecule has 0 fully saturated rings. The fourth-order valence-electron chi connectivity index (χ4n) is 2.42. The Kier molecular flexibility index (Phi) is 18.3. The average Bonchev–Trinajstić information content (AvgIpc) is 2.56. The van der Waals surface area contributed by atoms with Gasteiger partial charge in [0.1, 0.15) is 0 Å². The van der Waals surface area contributed by atoms with Gasteiger partial charge < -0.3 is 10.5 Å². The van der Waals surface area contributed by atoms with E-state index in [1.165, 1.54) is 44.9 Å². The highest BCUT2D eigenvalue weighted by atomic mass is 16.5. The first-order chi connectivity index (χ1) is 11.8. The SMILES string of the molecule is CCC=CCC=CCC=CCCCCCCCCCCOC(N)=O. The molecule has 0 saturated heterocycles. The van der Waals surface area contributed by atoms with Crippen LogP contribution in [0.15, 0.2) is 36.5 Å². The van der Waals surface area contributed by atoms with Crippen molar-refractivity contribution in [2.45, 2.75) is 84.0 Å². The predicted molar refractivity (Wildman–Crippen MR) is 104 cm³/mol. The lowest BCUT2D eigenvalue weighted by Crippen LogP contribution is -2.13. The zero-order chi connectivity index (χ0) is 17.7. The van der Waals surface area contributed by atoms with Crippen LogP contribution in [0.5, 0.6) is 0 Å². The van der Waals surface area contributed by atoms with Crippen molar-refractivity contribution in [2.24, 2.45) is 5.73 Å². The molecule has 0 aliphatic carbocycles. The summed E-state index contributed by atoms with van der Waals surface area (Å²) in [7, 11) is 0. The summed E-state index contributed by atoms with van der Waals surface area (Å²) in [5.74, 6) is 0. The van der Waals surface area contributed by atoms with Crippen LogP contribution in [0.1, 0.15) is 84.0 Å². The van der Waals surface area contributed by atoms with Gasteiger partial charge in [0.15, 0.2) is 0 Å². The van der Waals surface area contributed by atoms with Crippen LogP contribution in [0.25, 0.3) is 0 Å². The van der Waals surface area contributed by atoms with E-state index in [0.29, 0.717) is 6.61 Å². The van der Waals surface area contributed by atoms with Gasteiger partial charge in [-0.15, -0.1) is 0 Å². The Bertz CT molecular complexity index is 359. The van der Waals surface area contributed by atoms with Crippen LogP contribution in [-0.4, -0.2) is 12.7 Å². The molecule has 0 atom stereocenters. The number of hydrogen-bond acceptors (Lipinski definition) is 2. The van der Waals surface area contributed by atoms with E-state index in [1.807, 2.05) is 0 Å². The molecule has 0 aromatic carbocycles. The summed E-state index contributed by atoms with van der Waals surface area (Å²) >= 11 is 0. The number of carbonyl (C=O) groups is 1. The fourth-order valence-corrected chi connectivity index (χ4v) is 2.42. The lowest BCUT2D eigenvalue weighted by atomic mass is 10.1. The van der Waals surface area contributed by atoms with Crippen LogP contribution in [-0.2, 0) is 4.74 Å². The van der Waals surface area contributed by atoms with Gasteiger partial charge in [0, 0.05) is 0 Å². The van der Waals surface area contributed by atoms with Crippen molar-refractivity contribution in [3.05, 3.63) is 36.5 Å². The van der Waals surface area contributed by atoms with Crippen molar-refractivity contribution < 1.29 is 9.53 Å². The van der Waals surface area contributed by atoms with E-state index in [-0.39, 0.29) is 0 Å². The molecule has 138 valence electrons. The van der Waals surface area contributed by atoms with Crippen LogP contribution < -0.4 is 5.73 Å². The maximum Gasteiger partial charge on any atom is 0.404 e. The van der Waals surface area contributed by atoms with Crippen molar-refractivity contribution in [2.75, 3.05) is 6.61 Å². The molecule has 0 spiro atoms. The highest BCUT2D eigenvalue weighted by Crippen LogP contribution is 2.10. The highest BCUT2D eigenvalue weighted by molar-refractivity contribution is 5.64. The van der Waals surface area contributed by atoms with Crippen molar-refractivity contribution in [1.29, 1.82) is 0 Å². The van der Waals surface area contributed by atoms with Crippen LogP contribution in [0.2, 0.25) is 0 Å². The first-order valence-electron chi connectivity index (χ1n) is 9.64. The Labute approximate surface area is 149 Å². The van der Waals surface area contributed by atoms with Crippen LogP contribution in [0.3, 0.4) is 0 Å². The zero-order valence-corrected chi connectivity index (χ0v) is 15.6. The molecule has 0 rings (SSSR count). The molecule has 0 saturated carbocycles. The van der Waals surface area contributed by atoms with Crippen molar-refractivity contribution in [3.63, 3.8) is 0 Å². The molecular formula is C21H37NO2. The minimum Gasteiger partial charge on any atom is -0.450 e. The standard InChI is InChI=1S/C21H37NO2/c1-2-3-4-5-6-7-8-9-10-11-12-13-14-15-16-17-18-19-20-24-21(22)23/h3-4,6-7,9-10H,2,5,8,11-20H2,1H3,(H2,22,23). The highest BCUT2D eigenvalue weighted by Gasteiger charge is 1.94. The molecule has 0 aromatic rings. The largest absolute Gasteiger partial charge is 0.450 e. The van der Waals surface area contributed by atoms with Crippen LogP contribution >= 0.6 is 0 Å². The van der Waals surface area contributed by atoms with Gasteiger partial charge in [-0.3, -0.25) is 0 Å². The molecule has 2 N–H and O–H groups in total. The van der Waals surface area contributed by atoms with Gasteiger partial charge in [0.05, 0.1) is 6.61 Å². The monoisotopic (exact) mass is 335 g/mol. The number of carbonyl (C=O) groups excluding carboxylic acids is 1. The Hall–Kier alpha value is -1.51. The van der Waals surface area contributed by atoms with Crippen LogP contribution in [0, 0.1) is 0 Å². The Morgan fingerprint density at radius 2 is 1.25 bits per heavy atom. The van der Waals surface area contributed by atoms with Crippen molar-refractivity contribution in [3.8, 4) is 0 Å². The minimum absolute atomic E-state index is 0.465. The molecule has 0 aliphatic heterocycles. The average molecular weight is 336 g/mol. The number of rotatable bonds is 16. The Morgan fingerprint density at radius 1 is 0.750 bits per heavy atom. The van der Waals surface area contributed by atoms with Gasteiger partial charge in [-0.2, -0.15) is 0 Å². The molecule has 0 heterocycles. The first kappa shape index (κ1) is 22.5. The van der Waals surface area contributed by atoms with E-state index in [9.17, 15) is 4.79 Å². The summed E-state index contributed by atoms with van der Waals surface area (Å²) in [5.41, 5.74) is 4.90. The molecule has 0 aromatic heterocycles. The molecule has 3 heteroatoms. The second kappa shape index (κ2) is 19.5. The molecule has 1 amide bonds. The third kappa shape index (κ3) is 20.5. The summed E-state index contributed by atoms with van der Waals surface area (Å²) < 4.78 is 4.70. The van der Waals surface area contributed by atoms with Gasteiger partial charge in [-0.25, -0.2) is 4.79 Å². The van der Waals surface area contributed by atoms with Gasteiger partial charge in [-0.05, 0) is 38.5 Å². The molecule has 24 heavy (non-hydrogen) atoms. The fraction of sp³-hybridized carbons (Fsp3) is 0.667. The number of ether oxygens (including phenoxy) is 1. The van der Waals surface area contributed by atoms with Gasteiger partial charge in [0.2, 0.25) is 0 Å². The predicted octanol–water partition coefficient (Wildman–Crippen LogP) is 6.45. The van der Waals surface area contributed by atoms with Gasteiger partial charge in [0.25, 0.3) is 0 Å². The molecule has 0 bridgehead atoms. The quantitative estimate of drug-likeness (QED) is 0.260. The van der Waals surface area contributed by atoms with E-state index < -0.39 is 6.09 Å². The first-order valence-corrected chi connectivity index (χ1v) is 9.64. The normalized spacial score (nSPS) is 11.9. The molecular weight excluding hydrogens is 298 g/mol. The topological polar surface area (TPSA) is 52.3 Å². The van der Waals surface area contributed by atoms with Gasteiger partial charge in [-0.1, -0.05) is 81.9 Å². The van der Waals surface area contributed by atoms with E-state index in [1.54, 1.807) is 0 Å². The number of nitrogens with two attached hydrogens (primary N) is 1. The molecule has 0 radical (unpaired) electrons. The minimum atomic E-state index is -0.663. The maximum atomic E-state index is 10.4. The van der Waals surface area contributed by atoms with Gasteiger partial charge >= 0.3 is 6.09 Å². The molecule has 0 aliphatic rings. The number of amides is 1. The molecule has 3 nitrogen and oxygen atoms in total. The summed E-state index contributed by atoms with van der Waals surface area (Å²) in [6.07, 6.45) is 27.1. The summed E-state index contributed by atoms with van der Waals surface area (Å²) in [4.78, 5) is 10.4. The zero-order valence-electron chi connectivity index (χ0n) is 15.6. The van der Waals surface area contributed by atoms with Crippen molar-refractivity contribution in [1.82, 2.24) is 0 Å². The Morgan fingerprint density at radius 3 is 1.83 bits per heavy atom. The van der Waals surface area contributed by atoms with E-state index in [4.69, 9.17) is 10.5 Å². The van der Waals surface area contributed by atoms with Crippen LogP contribution in [0.4, 0.5) is 4.79 Å². The lowest BCUT2D eigenvalue weighted by Gasteiger charge is -2.02. The van der Waals surface area contributed by atoms with E-state index >= 15 is 0 Å². The van der Waals surface area contributed by atoms with E-state index in [2.05, 4.69) is 43.4 Å². The summed E-state index contributed by atoms with van der Waals surface area (Å²) in [5, 5.41) is 0.